The van der Waals surface area contributed by atoms with Gasteiger partial charge in [-0.2, -0.15) is 0 Å². The zero-order valence-electron chi connectivity index (χ0n) is 9.42. The summed E-state index contributed by atoms with van der Waals surface area (Å²) >= 11 is 0. The van der Waals surface area contributed by atoms with Gasteiger partial charge in [0.2, 0.25) is 0 Å². The Hall–Kier alpha value is -1.90. The van der Waals surface area contributed by atoms with Gasteiger partial charge in [-0.3, -0.25) is 9.36 Å². The molecule has 0 saturated carbocycles. The zero-order chi connectivity index (χ0) is 11.5. The molecule has 16 heavy (non-hydrogen) atoms. The minimum atomic E-state index is -0.0483. The topological polar surface area (TPSA) is 34.9 Å². The number of aromatic nitrogens is 2. The lowest BCUT2D eigenvalue weighted by molar-refractivity contribution is 0.0960. The average molecular weight is 214 g/mol. The predicted octanol–water partition coefficient (Wildman–Crippen LogP) is 2.70. The number of imidazole rings is 1. The second kappa shape index (κ2) is 4.31. The Morgan fingerprint density at radius 3 is 2.44 bits per heavy atom. The average Bonchev–Trinajstić information content (AvgIpc) is 2.81. The van der Waals surface area contributed by atoms with Gasteiger partial charge >= 0.3 is 0 Å². The minimum Gasteiger partial charge on any atom is -0.272 e. The molecule has 0 aliphatic heterocycles. The molecule has 0 unspecified atom stereocenters. The van der Waals surface area contributed by atoms with E-state index in [2.05, 4.69) is 18.8 Å². The molecule has 0 amide bonds. The van der Waals surface area contributed by atoms with Gasteiger partial charge in [0.25, 0.3) is 5.91 Å². The summed E-state index contributed by atoms with van der Waals surface area (Å²) in [6.45, 7) is 4.26. The largest absolute Gasteiger partial charge is 0.272 e. The van der Waals surface area contributed by atoms with Gasteiger partial charge in [-0.15, -0.1) is 0 Å². The van der Waals surface area contributed by atoms with Crippen LogP contribution < -0.4 is 0 Å². The molecule has 0 aliphatic rings. The molecule has 0 atom stereocenters. The van der Waals surface area contributed by atoms with Gasteiger partial charge in [-0.25, -0.2) is 4.98 Å². The molecule has 1 aromatic carbocycles. The predicted molar refractivity (Wildman–Crippen MR) is 62.5 cm³/mol. The molecule has 0 N–H and O–H groups in total. The van der Waals surface area contributed by atoms with Gasteiger partial charge in [0.15, 0.2) is 0 Å². The van der Waals surface area contributed by atoms with Crippen molar-refractivity contribution in [2.24, 2.45) is 0 Å². The Balaban J connectivity index is 2.25. The number of carbonyl (C=O) groups excluding carboxylic acids is 1. The third kappa shape index (κ3) is 2.03. The van der Waals surface area contributed by atoms with Crippen molar-refractivity contribution in [2.75, 3.05) is 0 Å². The summed E-state index contributed by atoms with van der Waals surface area (Å²) < 4.78 is 1.48. The lowest BCUT2D eigenvalue weighted by Gasteiger charge is -2.06. The second-order valence-electron chi connectivity index (χ2n) is 4.05. The second-order valence-corrected chi connectivity index (χ2v) is 4.05. The standard InChI is InChI=1S/C13H14N2O/c1-10(2)11-3-5-12(6-4-11)13(16)15-8-7-14-9-15/h3-10H,1-2H3. The molecule has 0 spiro atoms. The van der Waals surface area contributed by atoms with Crippen molar-refractivity contribution in [3.63, 3.8) is 0 Å². The van der Waals surface area contributed by atoms with E-state index < -0.39 is 0 Å². The highest BCUT2D eigenvalue weighted by Gasteiger charge is 2.07. The Kier molecular flexibility index (Phi) is 2.86. The number of nitrogens with zero attached hydrogens (tertiary/aromatic N) is 2. The molecule has 2 aromatic rings. The molecular formula is C13H14N2O. The van der Waals surface area contributed by atoms with Gasteiger partial charge in [-0.05, 0) is 23.6 Å². The molecule has 3 nitrogen and oxygen atoms in total. The summed E-state index contributed by atoms with van der Waals surface area (Å²) in [4.78, 5) is 15.8. The number of hydrogen-bond donors (Lipinski definition) is 0. The number of rotatable bonds is 2. The van der Waals surface area contributed by atoms with Crippen LogP contribution in [0.15, 0.2) is 43.0 Å². The van der Waals surface area contributed by atoms with Crippen molar-refractivity contribution in [3.8, 4) is 0 Å². The van der Waals surface area contributed by atoms with E-state index in [1.54, 1.807) is 12.4 Å². The number of hydrogen-bond acceptors (Lipinski definition) is 2. The number of benzene rings is 1. The van der Waals surface area contributed by atoms with E-state index in [0.717, 1.165) is 0 Å². The van der Waals surface area contributed by atoms with Crippen LogP contribution in [-0.2, 0) is 0 Å². The van der Waals surface area contributed by atoms with Crippen molar-refractivity contribution >= 4 is 5.91 Å². The maximum atomic E-state index is 11.9. The van der Waals surface area contributed by atoms with Crippen molar-refractivity contribution in [2.45, 2.75) is 19.8 Å². The van der Waals surface area contributed by atoms with Crippen LogP contribution in [0.2, 0.25) is 0 Å². The first-order valence-electron chi connectivity index (χ1n) is 5.31. The first kappa shape index (κ1) is 10.6. The first-order chi connectivity index (χ1) is 7.68. The molecule has 1 heterocycles. The van der Waals surface area contributed by atoms with Crippen LogP contribution >= 0.6 is 0 Å². The summed E-state index contributed by atoms with van der Waals surface area (Å²) in [5, 5.41) is 0. The van der Waals surface area contributed by atoms with Crippen LogP contribution in [0.5, 0.6) is 0 Å². The van der Waals surface area contributed by atoms with E-state index >= 15 is 0 Å². The van der Waals surface area contributed by atoms with Gasteiger partial charge in [-0.1, -0.05) is 26.0 Å². The zero-order valence-corrected chi connectivity index (χ0v) is 9.42. The van der Waals surface area contributed by atoms with Crippen molar-refractivity contribution in [1.29, 1.82) is 0 Å². The van der Waals surface area contributed by atoms with Crippen LogP contribution in [0.3, 0.4) is 0 Å². The normalized spacial score (nSPS) is 10.7. The van der Waals surface area contributed by atoms with Gasteiger partial charge < -0.3 is 0 Å². The smallest absolute Gasteiger partial charge is 0.263 e. The number of carbonyl (C=O) groups is 1. The van der Waals surface area contributed by atoms with Crippen LogP contribution in [0.1, 0.15) is 35.7 Å². The lowest BCUT2D eigenvalue weighted by atomic mass is 10.0. The van der Waals surface area contributed by atoms with E-state index in [9.17, 15) is 4.79 Å². The molecule has 0 fully saturated rings. The molecular weight excluding hydrogens is 200 g/mol. The molecule has 0 aliphatic carbocycles. The fourth-order valence-electron chi connectivity index (χ4n) is 1.54. The van der Waals surface area contributed by atoms with E-state index in [4.69, 9.17) is 0 Å². The van der Waals surface area contributed by atoms with Gasteiger partial charge in [0.1, 0.15) is 6.33 Å². The summed E-state index contributed by atoms with van der Waals surface area (Å²) in [5.41, 5.74) is 1.92. The van der Waals surface area contributed by atoms with E-state index in [0.29, 0.717) is 11.5 Å². The van der Waals surface area contributed by atoms with Crippen LogP contribution in [0, 0.1) is 0 Å². The Morgan fingerprint density at radius 2 is 1.94 bits per heavy atom. The fourth-order valence-corrected chi connectivity index (χ4v) is 1.54. The monoisotopic (exact) mass is 214 g/mol. The Bertz CT molecular complexity index is 469. The Labute approximate surface area is 94.7 Å². The molecule has 1 aromatic heterocycles. The van der Waals surface area contributed by atoms with Gasteiger partial charge in [0.05, 0.1) is 0 Å². The van der Waals surface area contributed by atoms with Crippen LogP contribution in [0.25, 0.3) is 0 Å². The lowest BCUT2D eigenvalue weighted by Crippen LogP contribution is -2.09. The van der Waals surface area contributed by atoms with Crippen LogP contribution in [-0.4, -0.2) is 15.5 Å². The van der Waals surface area contributed by atoms with Crippen molar-refractivity contribution < 1.29 is 4.79 Å². The molecule has 0 bridgehead atoms. The summed E-state index contributed by atoms with van der Waals surface area (Å²) in [6, 6.07) is 7.71. The van der Waals surface area contributed by atoms with Gasteiger partial charge in [0, 0.05) is 18.0 Å². The highest BCUT2D eigenvalue weighted by atomic mass is 16.2. The SMILES string of the molecule is CC(C)c1ccc(C(=O)n2ccnc2)cc1. The third-order valence-corrected chi connectivity index (χ3v) is 2.56. The molecule has 0 radical (unpaired) electrons. The fraction of sp³-hybridized carbons (Fsp3) is 0.231. The third-order valence-electron chi connectivity index (χ3n) is 2.56. The quantitative estimate of drug-likeness (QED) is 0.770. The van der Waals surface area contributed by atoms with E-state index in [-0.39, 0.29) is 5.91 Å². The summed E-state index contributed by atoms with van der Waals surface area (Å²) in [5.74, 6) is 0.435. The molecule has 0 saturated heterocycles. The summed E-state index contributed by atoms with van der Waals surface area (Å²) in [6.07, 6.45) is 4.76. The van der Waals surface area contributed by atoms with Crippen LogP contribution in [0.4, 0.5) is 0 Å². The maximum absolute atomic E-state index is 11.9. The molecule has 2 rings (SSSR count). The Morgan fingerprint density at radius 1 is 1.25 bits per heavy atom. The first-order valence-corrected chi connectivity index (χ1v) is 5.31. The summed E-state index contributed by atoms with van der Waals surface area (Å²) in [7, 11) is 0. The van der Waals surface area contributed by atoms with E-state index in [1.807, 2.05) is 24.3 Å². The highest BCUT2D eigenvalue weighted by Crippen LogP contribution is 2.15. The minimum absolute atomic E-state index is 0.0483. The highest BCUT2D eigenvalue weighted by molar-refractivity contribution is 5.95. The van der Waals surface area contributed by atoms with Crippen molar-refractivity contribution in [3.05, 3.63) is 54.1 Å². The molecule has 82 valence electrons. The maximum Gasteiger partial charge on any atom is 0.263 e. The van der Waals surface area contributed by atoms with Crippen molar-refractivity contribution in [1.82, 2.24) is 9.55 Å². The van der Waals surface area contributed by atoms with E-state index in [1.165, 1.54) is 16.5 Å². The molecule has 3 heteroatoms.